The lowest BCUT2D eigenvalue weighted by Gasteiger charge is -2.35. The molecule has 1 saturated heterocycles. The molecule has 0 unspecified atom stereocenters. The summed E-state index contributed by atoms with van der Waals surface area (Å²) < 4.78 is 40.6. The first-order chi connectivity index (χ1) is 12.5. The van der Waals surface area contributed by atoms with Gasteiger partial charge >= 0.3 is 6.18 Å². The number of nitrogens with zero attached hydrogens (tertiary/aromatic N) is 2. The van der Waals surface area contributed by atoms with Gasteiger partial charge in [-0.1, -0.05) is 37.3 Å². The summed E-state index contributed by atoms with van der Waals surface area (Å²) in [6.07, 6.45) is -2.45. The molecule has 2 aromatic rings. The molecular weight excluding hydrogens is 337 g/mol. The van der Waals surface area contributed by atoms with E-state index in [0.717, 1.165) is 25.9 Å². The van der Waals surface area contributed by atoms with Gasteiger partial charge in [-0.2, -0.15) is 18.4 Å². The van der Waals surface area contributed by atoms with Crippen LogP contribution in [0.25, 0.3) is 0 Å². The van der Waals surface area contributed by atoms with Crippen LogP contribution in [0.5, 0.6) is 0 Å². The molecule has 0 saturated carbocycles. The van der Waals surface area contributed by atoms with Crippen LogP contribution in [0.2, 0.25) is 0 Å². The molecule has 136 valence electrons. The average molecular weight is 358 g/mol. The number of halogens is 3. The number of hydrogen-bond donors (Lipinski definition) is 0. The van der Waals surface area contributed by atoms with E-state index in [1.807, 2.05) is 23.1 Å². The normalized spacial score (nSPS) is 15.7. The molecule has 2 aromatic carbocycles. The molecule has 0 aromatic heterocycles. The van der Waals surface area contributed by atoms with Gasteiger partial charge in [-0.25, -0.2) is 0 Å². The smallest absolute Gasteiger partial charge is 0.371 e. The van der Waals surface area contributed by atoms with Crippen molar-refractivity contribution in [3.63, 3.8) is 0 Å². The summed E-state index contributed by atoms with van der Waals surface area (Å²) in [5.41, 5.74) is 1.07. The number of benzene rings is 2. The molecule has 0 bridgehead atoms. The first-order valence-corrected chi connectivity index (χ1v) is 8.88. The second-order valence-corrected chi connectivity index (χ2v) is 6.62. The number of nitriles is 1. The third-order valence-electron chi connectivity index (χ3n) is 5.15. The van der Waals surface area contributed by atoms with E-state index in [1.54, 1.807) is 19.1 Å². The number of anilines is 1. The van der Waals surface area contributed by atoms with Crippen LogP contribution in [0, 0.1) is 11.3 Å². The van der Waals surface area contributed by atoms with E-state index in [4.69, 9.17) is 5.26 Å². The molecular formula is C21H21F3N2. The Morgan fingerprint density at radius 1 is 1.08 bits per heavy atom. The molecule has 0 atom stereocenters. The second-order valence-electron chi connectivity index (χ2n) is 6.62. The Morgan fingerprint density at radius 3 is 2.27 bits per heavy atom. The molecule has 1 heterocycles. The average Bonchev–Trinajstić information content (AvgIpc) is 2.67. The van der Waals surface area contributed by atoms with E-state index in [1.165, 1.54) is 11.6 Å². The lowest BCUT2D eigenvalue weighted by atomic mass is 9.88. The fourth-order valence-corrected chi connectivity index (χ4v) is 3.89. The Hall–Kier alpha value is -2.48. The Labute approximate surface area is 151 Å². The van der Waals surface area contributed by atoms with Gasteiger partial charge in [0, 0.05) is 18.8 Å². The molecule has 5 heteroatoms. The zero-order chi connectivity index (χ0) is 18.7. The summed E-state index contributed by atoms with van der Waals surface area (Å²) in [5.74, 6) is 0.443. The third-order valence-corrected chi connectivity index (χ3v) is 5.15. The summed E-state index contributed by atoms with van der Waals surface area (Å²) in [5, 5.41) is 9.10. The van der Waals surface area contributed by atoms with Crippen molar-refractivity contribution in [1.82, 2.24) is 0 Å². The standard InChI is InChI=1S/C21H21F3N2/c1-2-18-19(9-8-17(14-25)20(18)21(22,23)24)26-12-10-16(11-13-26)15-6-4-3-5-7-15/h3-9,16H,2,10-13H2,1H3. The fourth-order valence-electron chi connectivity index (χ4n) is 3.89. The van der Waals surface area contributed by atoms with Crippen molar-refractivity contribution in [2.75, 3.05) is 18.0 Å². The van der Waals surface area contributed by atoms with Gasteiger partial charge in [0.25, 0.3) is 0 Å². The number of hydrogen-bond acceptors (Lipinski definition) is 2. The summed E-state index contributed by atoms with van der Waals surface area (Å²) >= 11 is 0. The van der Waals surface area contributed by atoms with Crippen molar-refractivity contribution in [3.05, 3.63) is 64.7 Å². The van der Waals surface area contributed by atoms with Crippen molar-refractivity contribution >= 4 is 5.69 Å². The largest absolute Gasteiger partial charge is 0.418 e. The van der Waals surface area contributed by atoms with E-state index < -0.39 is 11.7 Å². The maximum Gasteiger partial charge on any atom is 0.418 e. The van der Waals surface area contributed by atoms with Gasteiger partial charge in [0.15, 0.2) is 0 Å². The molecule has 1 fully saturated rings. The predicted octanol–water partition coefficient (Wildman–Crippen LogP) is 5.52. The van der Waals surface area contributed by atoms with E-state index in [0.29, 0.717) is 11.6 Å². The maximum absolute atomic E-state index is 13.5. The van der Waals surface area contributed by atoms with Crippen molar-refractivity contribution in [3.8, 4) is 6.07 Å². The highest BCUT2D eigenvalue weighted by molar-refractivity contribution is 5.62. The first kappa shape index (κ1) is 18.3. The van der Waals surface area contributed by atoms with Gasteiger partial charge < -0.3 is 4.90 Å². The minimum absolute atomic E-state index is 0.231. The summed E-state index contributed by atoms with van der Waals surface area (Å²) in [6, 6.07) is 14.9. The highest BCUT2D eigenvalue weighted by Crippen LogP contribution is 2.40. The Kier molecular flexibility index (Phi) is 5.22. The number of rotatable bonds is 3. The van der Waals surface area contributed by atoms with E-state index in [2.05, 4.69) is 12.1 Å². The van der Waals surface area contributed by atoms with Crippen molar-refractivity contribution in [1.29, 1.82) is 5.26 Å². The van der Waals surface area contributed by atoms with Crippen molar-refractivity contribution in [2.45, 2.75) is 38.3 Å². The molecule has 26 heavy (non-hydrogen) atoms. The molecule has 0 N–H and O–H groups in total. The van der Waals surface area contributed by atoms with Crippen LogP contribution in [0.4, 0.5) is 18.9 Å². The van der Waals surface area contributed by atoms with Crippen LogP contribution in [0.3, 0.4) is 0 Å². The van der Waals surface area contributed by atoms with Gasteiger partial charge in [-0.3, -0.25) is 0 Å². The van der Waals surface area contributed by atoms with Gasteiger partial charge in [0.05, 0.1) is 17.2 Å². The molecule has 1 aliphatic rings. The van der Waals surface area contributed by atoms with Crippen molar-refractivity contribution in [2.24, 2.45) is 0 Å². The van der Waals surface area contributed by atoms with Gasteiger partial charge in [0.2, 0.25) is 0 Å². The molecule has 0 amide bonds. The topological polar surface area (TPSA) is 27.0 Å². The minimum atomic E-state index is -4.52. The first-order valence-electron chi connectivity index (χ1n) is 8.88. The molecule has 0 radical (unpaired) electrons. The maximum atomic E-state index is 13.5. The van der Waals surface area contributed by atoms with Crippen LogP contribution in [-0.4, -0.2) is 13.1 Å². The molecule has 1 aliphatic heterocycles. The zero-order valence-corrected chi connectivity index (χ0v) is 14.7. The number of alkyl halides is 3. The van der Waals surface area contributed by atoms with E-state index in [-0.39, 0.29) is 17.5 Å². The van der Waals surface area contributed by atoms with Gasteiger partial charge in [-0.15, -0.1) is 0 Å². The monoisotopic (exact) mass is 358 g/mol. The Morgan fingerprint density at radius 2 is 1.73 bits per heavy atom. The third kappa shape index (κ3) is 3.55. The van der Waals surface area contributed by atoms with Crippen LogP contribution >= 0.6 is 0 Å². The molecule has 3 rings (SSSR count). The van der Waals surface area contributed by atoms with E-state index in [9.17, 15) is 13.2 Å². The molecule has 2 nitrogen and oxygen atoms in total. The van der Waals surface area contributed by atoms with Gasteiger partial charge in [-0.05, 0) is 48.4 Å². The molecule has 0 aliphatic carbocycles. The quantitative estimate of drug-likeness (QED) is 0.722. The fraction of sp³-hybridized carbons (Fsp3) is 0.381. The second kappa shape index (κ2) is 7.41. The van der Waals surface area contributed by atoms with Gasteiger partial charge in [0.1, 0.15) is 0 Å². The summed E-state index contributed by atoms with van der Waals surface area (Å²) in [4.78, 5) is 2.04. The lowest BCUT2D eigenvalue weighted by Crippen LogP contribution is -2.34. The van der Waals surface area contributed by atoms with Crippen LogP contribution in [0.15, 0.2) is 42.5 Å². The zero-order valence-electron chi connectivity index (χ0n) is 14.7. The van der Waals surface area contributed by atoms with E-state index >= 15 is 0 Å². The lowest BCUT2D eigenvalue weighted by molar-refractivity contribution is -0.138. The summed E-state index contributed by atoms with van der Waals surface area (Å²) in [7, 11) is 0. The predicted molar refractivity (Wildman–Crippen MR) is 96.2 cm³/mol. The Bertz CT molecular complexity index is 798. The number of piperidine rings is 1. The minimum Gasteiger partial charge on any atom is -0.371 e. The van der Waals surface area contributed by atoms with Crippen LogP contribution < -0.4 is 4.90 Å². The summed E-state index contributed by atoms with van der Waals surface area (Å²) in [6.45, 7) is 3.15. The highest BCUT2D eigenvalue weighted by atomic mass is 19.4. The Balaban J connectivity index is 1.88. The molecule has 0 spiro atoms. The SMILES string of the molecule is CCc1c(N2CCC(c3ccccc3)CC2)ccc(C#N)c1C(F)(F)F. The highest BCUT2D eigenvalue weighted by Gasteiger charge is 2.37. The van der Waals surface area contributed by atoms with Crippen LogP contribution in [-0.2, 0) is 12.6 Å². The van der Waals surface area contributed by atoms with Crippen molar-refractivity contribution < 1.29 is 13.2 Å². The van der Waals surface area contributed by atoms with Crippen LogP contribution in [0.1, 0.15) is 47.9 Å².